The third-order valence-electron chi connectivity index (χ3n) is 3.51. The van der Waals surface area contributed by atoms with Crippen LogP contribution >= 0.6 is 12.4 Å². The van der Waals surface area contributed by atoms with Gasteiger partial charge in [0.2, 0.25) is 5.89 Å². The van der Waals surface area contributed by atoms with Crippen LogP contribution < -0.4 is 5.73 Å². The summed E-state index contributed by atoms with van der Waals surface area (Å²) in [5.41, 5.74) is 7.26. The molecule has 2 N–H and O–H groups in total. The van der Waals surface area contributed by atoms with Crippen molar-refractivity contribution in [1.29, 1.82) is 0 Å². The van der Waals surface area contributed by atoms with Crippen LogP contribution in [0.2, 0.25) is 0 Å². The molecule has 1 unspecified atom stereocenters. The van der Waals surface area contributed by atoms with Gasteiger partial charge in [-0.25, -0.2) is 9.37 Å². The Labute approximate surface area is 134 Å². The molecule has 5 nitrogen and oxygen atoms in total. The van der Waals surface area contributed by atoms with E-state index in [9.17, 15) is 4.39 Å². The second kappa shape index (κ2) is 7.69. The van der Waals surface area contributed by atoms with E-state index in [1.807, 2.05) is 0 Å². The lowest BCUT2D eigenvalue weighted by molar-refractivity contribution is -0.0264. The molecule has 1 saturated heterocycles. The van der Waals surface area contributed by atoms with E-state index in [-0.39, 0.29) is 24.3 Å². The van der Waals surface area contributed by atoms with Gasteiger partial charge in [0.15, 0.2) is 0 Å². The first-order chi connectivity index (χ1) is 10.2. The third kappa shape index (κ3) is 4.04. The van der Waals surface area contributed by atoms with Gasteiger partial charge in [0.1, 0.15) is 12.1 Å². The monoisotopic (exact) mass is 327 g/mol. The highest BCUT2D eigenvalue weighted by Gasteiger charge is 2.20. The summed E-state index contributed by atoms with van der Waals surface area (Å²) in [6.07, 6.45) is 1.73. The van der Waals surface area contributed by atoms with E-state index in [1.165, 1.54) is 12.1 Å². The van der Waals surface area contributed by atoms with Gasteiger partial charge >= 0.3 is 0 Å². The SMILES string of the molecule is Cl.NCC1CN(Cc2coc(-c3ccc(F)cc3)n2)CCO1. The summed E-state index contributed by atoms with van der Waals surface area (Å²) < 4.78 is 23.9. The van der Waals surface area contributed by atoms with Crippen LogP contribution in [0.4, 0.5) is 4.39 Å². The fourth-order valence-corrected chi connectivity index (χ4v) is 2.40. The first-order valence-electron chi connectivity index (χ1n) is 6.99. The molecule has 7 heteroatoms. The minimum atomic E-state index is -0.272. The molecule has 0 spiro atoms. The summed E-state index contributed by atoms with van der Waals surface area (Å²) >= 11 is 0. The quantitative estimate of drug-likeness (QED) is 0.931. The van der Waals surface area contributed by atoms with Gasteiger partial charge in [-0.1, -0.05) is 0 Å². The highest BCUT2D eigenvalue weighted by atomic mass is 35.5. The molecular formula is C15H19ClFN3O2. The summed E-state index contributed by atoms with van der Waals surface area (Å²) in [6, 6.07) is 6.11. The fourth-order valence-electron chi connectivity index (χ4n) is 2.40. The van der Waals surface area contributed by atoms with Crippen molar-refractivity contribution < 1.29 is 13.5 Å². The Kier molecular flexibility index (Phi) is 5.90. The maximum atomic E-state index is 12.9. The standard InChI is InChI=1S/C15H18FN3O2.ClH/c16-12-3-1-11(2-4-12)15-18-13(10-21-15)8-19-5-6-20-14(7-17)9-19;/h1-4,10,14H,5-9,17H2;1H. The van der Waals surface area contributed by atoms with E-state index in [0.717, 1.165) is 24.3 Å². The molecule has 1 aromatic heterocycles. The molecule has 0 radical (unpaired) electrons. The second-order valence-electron chi connectivity index (χ2n) is 5.11. The molecule has 2 heterocycles. The molecule has 1 atom stereocenters. The number of nitrogens with two attached hydrogens (primary N) is 1. The lowest BCUT2D eigenvalue weighted by Gasteiger charge is -2.31. The first kappa shape index (κ1) is 16.9. The molecule has 1 aromatic carbocycles. The number of hydrogen-bond donors (Lipinski definition) is 1. The van der Waals surface area contributed by atoms with Gasteiger partial charge in [0, 0.05) is 31.7 Å². The second-order valence-corrected chi connectivity index (χ2v) is 5.11. The predicted molar refractivity (Wildman–Crippen MR) is 83.2 cm³/mol. The average molecular weight is 328 g/mol. The van der Waals surface area contributed by atoms with Crippen molar-refractivity contribution in [3.63, 3.8) is 0 Å². The summed E-state index contributed by atoms with van der Waals surface area (Å²) in [7, 11) is 0. The van der Waals surface area contributed by atoms with E-state index in [2.05, 4.69) is 9.88 Å². The van der Waals surface area contributed by atoms with E-state index in [1.54, 1.807) is 18.4 Å². The normalized spacial score (nSPS) is 18.9. The first-order valence-corrected chi connectivity index (χ1v) is 6.99. The number of oxazole rings is 1. The molecule has 0 aliphatic carbocycles. The Balaban J connectivity index is 0.00000176. The zero-order valence-electron chi connectivity index (χ0n) is 12.1. The van der Waals surface area contributed by atoms with Crippen LogP contribution in [-0.2, 0) is 11.3 Å². The topological polar surface area (TPSA) is 64.5 Å². The van der Waals surface area contributed by atoms with Crippen LogP contribution in [0.5, 0.6) is 0 Å². The average Bonchev–Trinajstić information content (AvgIpc) is 2.96. The zero-order chi connectivity index (χ0) is 14.7. The number of morpholine rings is 1. The number of aromatic nitrogens is 1. The molecule has 3 rings (SSSR count). The van der Waals surface area contributed by atoms with Gasteiger partial charge in [-0.15, -0.1) is 12.4 Å². The van der Waals surface area contributed by atoms with Crippen LogP contribution in [-0.4, -0.2) is 42.2 Å². The van der Waals surface area contributed by atoms with E-state index in [0.29, 0.717) is 25.6 Å². The Morgan fingerprint density at radius 2 is 2.09 bits per heavy atom. The Bertz CT molecular complexity index is 591. The van der Waals surface area contributed by atoms with Gasteiger partial charge in [0.05, 0.1) is 18.4 Å². The smallest absolute Gasteiger partial charge is 0.226 e. The van der Waals surface area contributed by atoms with Crippen molar-refractivity contribution in [3.05, 3.63) is 42.0 Å². The molecule has 0 bridgehead atoms. The van der Waals surface area contributed by atoms with Gasteiger partial charge in [0.25, 0.3) is 0 Å². The van der Waals surface area contributed by atoms with Crippen LogP contribution in [0.15, 0.2) is 34.9 Å². The number of benzene rings is 1. The number of halogens is 2. The molecule has 2 aromatic rings. The molecule has 1 aliphatic rings. The highest BCUT2D eigenvalue weighted by Crippen LogP contribution is 2.20. The molecule has 1 fully saturated rings. The lowest BCUT2D eigenvalue weighted by atomic mass is 10.2. The molecule has 0 saturated carbocycles. The summed E-state index contributed by atoms with van der Waals surface area (Å²) in [5, 5.41) is 0. The lowest BCUT2D eigenvalue weighted by Crippen LogP contribution is -2.45. The number of ether oxygens (including phenoxy) is 1. The van der Waals surface area contributed by atoms with Crippen molar-refractivity contribution >= 4 is 12.4 Å². The predicted octanol–water partition coefficient (Wildman–Crippen LogP) is 2.06. The van der Waals surface area contributed by atoms with Crippen LogP contribution in [0.25, 0.3) is 11.5 Å². The zero-order valence-corrected chi connectivity index (χ0v) is 12.9. The summed E-state index contributed by atoms with van der Waals surface area (Å²) in [6.45, 7) is 3.57. The number of rotatable bonds is 4. The van der Waals surface area contributed by atoms with E-state index >= 15 is 0 Å². The van der Waals surface area contributed by atoms with Crippen LogP contribution in [0.1, 0.15) is 5.69 Å². The minimum absolute atomic E-state index is 0. The Morgan fingerprint density at radius 1 is 1.32 bits per heavy atom. The summed E-state index contributed by atoms with van der Waals surface area (Å²) in [4.78, 5) is 6.70. The molecule has 1 aliphatic heterocycles. The maximum Gasteiger partial charge on any atom is 0.226 e. The van der Waals surface area contributed by atoms with E-state index in [4.69, 9.17) is 14.9 Å². The highest BCUT2D eigenvalue weighted by molar-refractivity contribution is 5.85. The van der Waals surface area contributed by atoms with Crippen molar-refractivity contribution in [2.75, 3.05) is 26.2 Å². The van der Waals surface area contributed by atoms with Gasteiger partial charge in [-0.3, -0.25) is 4.90 Å². The largest absolute Gasteiger partial charge is 0.444 e. The van der Waals surface area contributed by atoms with Crippen molar-refractivity contribution in [1.82, 2.24) is 9.88 Å². The minimum Gasteiger partial charge on any atom is -0.444 e. The van der Waals surface area contributed by atoms with Gasteiger partial charge in [-0.05, 0) is 24.3 Å². The third-order valence-corrected chi connectivity index (χ3v) is 3.51. The van der Waals surface area contributed by atoms with Gasteiger partial charge in [-0.2, -0.15) is 0 Å². The van der Waals surface area contributed by atoms with Crippen LogP contribution in [0.3, 0.4) is 0 Å². The van der Waals surface area contributed by atoms with Crippen molar-refractivity contribution in [2.24, 2.45) is 5.73 Å². The van der Waals surface area contributed by atoms with Crippen molar-refractivity contribution in [3.8, 4) is 11.5 Å². The molecule has 120 valence electrons. The summed E-state index contributed by atoms with van der Waals surface area (Å²) in [5.74, 6) is 0.236. The Hall–Kier alpha value is -1.47. The molecule has 0 amide bonds. The van der Waals surface area contributed by atoms with E-state index < -0.39 is 0 Å². The van der Waals surface area contributed by atoms with Crippen LogP contribution in [0, 0.1) is 5.82 Å². The van der Waals surface area contributed by atoms with Crippen molar-refractivity contribution in [2.45, 2.75) is 12.6 Å². The number of nitrogens with zero attached hydrogens (tertiary/aromatic N) is 2. The molecule has 22 heavy (non-hydrogen) atoms. The molecular weight excluding hydrogens is 309 g/mol. The Morgan fingerprint density at radius 3 is 2.82 bits per heavy atom. The van der Waals surface area contributed by atoms with Gasteiger partial charge < -0.3 is 14.9 Å². The fraction of sp³-hybridized carbons (Fsp3) is 0.400. The maximum absolute atomic E-state index is 12.9. The number of hydrogen-bond acceptors (Lipinski definition) is 5.